The molecule has 3 heterocycles. The summed E-state index contributed by atoms with van der Waals surface area (Å²) in [6.45, 7) is 5.04. The summed E-state index contributed by atoms with van der Waals surface area (Å²) in [7, 11) is 0. The van der Waals surface area contributed by atoms with Gasteiger partial charge in [-0.05, 0) is 61.5 Å². The van der Waals surface area contributed by atoms with Gasteiger partial charge in [-0.3, -0.25) is 14.5 Å². The number of ether oxygens (including phenoxy) is 1. The van der Waals surface area contributed by atoms with Crippen LogP contribution >= 0.6 is 0 Å². The summed E-state index contributed by atoms with van der Waals surface area (Å²) in [5.74, 6) is -1.34. The summed E-state index contributed by atoms with van der Waals surface area (Å²) in [6, 6.07) is 26.9. The van der Waals surface area contributed by atoms with Gasteiger partial charge in [0.25, 0.3) is 11.8 Å². The Morgan fingerprint density at radius 1 is 0.952 bits per heavy atom. The van der Waals surface area contributed by atoms with Crippen molar-refractivity contribution in [2.45, 2.75) is 51.1 Å². The second kappa shape index (κ2) is 9.48. The minimum absolute atomic E-state index is 0.0801. The first-order valence-electron chi connectivity index (χ1n) is 14.5. The molecule has 4 atom stereocenters. The van der Waals surface area contributed by atoms with Crippen molar-refractivity contribution in [1.29, 1.82) is 0 Å². The van der Waals surface area contributed by atoms with Crippen molar-refractivity contribution in [3.63, 3.8) is 0 Å². The zero-order valence-electron chi connectivity index (χ0n) is 23.9. The second-order valence-electron chi connectivity index (χ2n) is 12.2. The number of hydrogen-bond donors (Lipinski definition) is 1. The Balaban J connectivity index is 1.26. The first kappa shape index (κ1) is 26.8. The molecule has 1 fully saturated rings. The highest BCUT2D eigenvalue weighted by Gasteiger charge is 2.65. The van der Waals surface area contributed by atoms with Crippen molar-refractivity contribution in [1.82, 2.24) is 0 Å². The molecule has 3 aliphatic rings. The Kier molecular flexibility index (Phi) is 6.05. The molecule has 0 aromatic heterocycles. The van der Waals surface area contributed by atoms with Crippen molar-refractivity contribution in [3.8, 4) is 0 Å². The van der Waals surface area contributed by atoms with E-state index < -0.39 is 29.2 Å². The average Bonchev–Trinajstić information content (AvgIpc) is 3.52. The number of amides is 2. The summed E-state index contributed by atoms with van der Waals surface area (Å²) in [5, 5.41) is 11.7. The number of carbonyl (C=O) groups excluding carboxylic acids is 2. The molecule has 1 saturated heterocycles. The highest BCUT2D eigenvalue weighted by Crippen LogP contribution is 2.58. The van der Waals surface area contributed by atoms with Gasteiger partial charge in [0.05, 0.1) is 29.6 Å². The number of rotatable bonds is 6. The summed E-state index contributed by atoms with van der Waals surface area (Å²) in [4.78, 5) is 31.4. The lowest BCUT2D eigenvalue weighted by atomic mass is 9.71. The van der Waals surface area contributed by atoms with E-state index in [4.69, 9.17) is 4.74 Å². The lowest BCUT2D eigenvalue weighted by Gasteiger charge is -2.32. The largest absolute Gasteiger partial charge is 0.396 e. The molecular weight excluding hydrogens is 531 g/mol. The van der Waals surface area contributed by atoms with Gasteiger partial charge in [0, 0.05) is 35.1 Å². The quantitative estimate of drug-likeness (QED) is 0.285. The number of aliphatic hydroxyl groups is 1. The number of carbonyl (C=O) groups is 2. The first-order valence-corrected chi connectivity index (χ1v) is 14.5. The fraction of sp³-hybridized carbons (Fsp3) is 0.314. The van der Waals surface area contributed by atoms with E-state index in [0.29, 0.717) is 5.56 Å². The fourth-order valence-corrected chi connectivity index (χ4v) is 7.70. The maximum atomic E-state index is 15.6. The van der Waals surface area contributed by atoms with Crippen LogP contribution in [0.15, 0.2) is 84.9 Å². The molecule has 0 saturated carbocycles. The van der Waals surface area contributed by atoms with Crippen LogP contribution in [0.4, 0.5) is 21.5 Å². The van der Waals surface area contributed by atoms with Crippen LogP contribution < -0.4 is 9.80 Å². The van der Waals surface area contributed by atoms with E-state index in [1.54, 1.807) is 9.80 Å². The minimum Gasteiger partial charge on any atom is -0.396 e. The molecule has 0 bridgehead atoms. The molecule has 1 N–H and O–H groups in total. The highest BCUT2D eigenvalue weighted by molar-refractivity contribution is 6.27. The van der Waals surface area contributed by atoms with E-state index in [0.717, 1.165) is 39.0 Å². The zero-order chi connectivity index (χ0) is 29.4. The Morgan fingerprint density at radius 3 is 2.43 bits per heavy atom. The van der Waals surface area contributed by atoms with Crippen LogP contribution in [0.1, 0.15) is 48.7 Å². The molecule has 0 unspecified atom stereocenters. The Labute approximate surface area is 244 Å². The molecule has 4 aromatic rings. The van der Waals surface area contributed by atoms with Crippen molar-refractivity contribution in [2.24, 2.45) is 11.8 Å². The number of para-hydroxylation sites is 1. The van der Waals surface area contributed by atoms with E-state index in [-0.39, 0.29) is 31.4 Å². The molecule has 0 aliphatic carbocycles. The molecule has 214 valence electrons. The van der Waals surface area contributed by atoms with E-state index in [9.17, 15) is 14.7 Å². The standard InChI is InChI=1S/C35H33FN2O4/c1-21-31(34(2,3)36)29(17-18-39)42-35(21)26-14-4-5-15-27(26)37(33(35)41)20-22-9-6-12-24(19-22)38-28-16-8-11-23-10-7-13-25(30(23)28)32(38)40/h4-16,19,21,29,31,39H,17-18,20H2,1-3H3/t21-,29+,31-,35+/m1/s1. The lowest BCUT2D eigenvalue weighted by Crippen LogP contribution is -2.45. The lowest BCUT2D eigenvalue weighted by molar-refractivity contribution is -0.146. The summed E-state index contributed by atoms with van der Waals surface area (Å²) in [6.07, 6.45) is -0.351. The normalized spacial score (nSPS) is 24.8. The predicted molar refractivity (Wildman–Crippen MR) is 161 cm³/mol. The van der Waals surface area contributed by atoms with Crippen molar-refractivity contribution in [2.75, 3.05) is 16.4 Å². The van der Waals surface area contributed by atoms with E-state index in [2.05, 4.69) is 0 Å². The maximum absolute atomic E-state index is 15.6. The summed E-state index contributed by atoms with van der Waals surface area (Å²) >= 11 is 0. The van der Waals surface area contributed by atoms with Crippen molar-refractivity contribution >= 4 is 39.6 Å². The Bertz CT molecular complexity index is 1740. The Hall–Kier alpha value is -4.07. The molecule has 7 rings (SSSR count). The van der Waals surface area contributed by atoms with Crippen LogP contribution in [0.2, 0.25) is 0 Å². The molecule has 3 aliphatic heterocycles. The van der Waals surface area contributed by atoms with Crippen LogP contribution in [0.3, 0.4) is 0 Å². The zero-order valence-corrected chi connectivity index (χ0v) is 23.9. The summed E-state index contributed by atoms with van der Waals surface area (Å²) in [5.41, 5.74) is 1.60. The number of alkyl halides is 1. The molecule has 7 heteroatoms. The van der Waals surface area contributed by atoms with Gasteiger partial charge in [-0.15, -0.1) is 0 Å². The molecule has 2 amide bonds. The van der Waals surface area contributed by atoms with Crippen LogP contribution in [-0.2, 0) is 21.7 Å². The second-order valence-corrected chi connectivity index (χ2v) is 12.2. The number of anilines is 3. The van der Waals surface area contributed by atoms with E-state index in [1.165, 1.54) is 13.8 Å². The third-order valence-electron chi connectivity index (χ3n) is 9.35. The molecular formula is C35H33FN2O4. The molecule has 6 nitrogen and oxygen atoms in total. The van der Waals surface area contributed by atoms with Crippen LogP contribution in [-0.4, -0.2) is 35.3 Å². The van der Waals surface area contributed by atoms with Gasteiger partial charge in [0.1, 0.15) is 5.67 Å². The van der Waals surface area contributed by atoms with Crippen molar-refractivity contribution < 1.29 is 23.8 Å². The van der Waals surface area contributed by atoms with Crippen LogP contribution in [0, 0.1) is 11.8 Å². The molecule has 4 aromatic carbocycles. The van der Waals surface area contributed by atoms with Gasteiger partial charge in [-0.2, -0.15) is 0 Å². The number of aliphatic hydroxyl groups excluding tert-OH is 1. The number of hydrogen-bond acceptors (Lipinski definition) is 4. The van der Waals surface area contributed by atoms with E-state index >= 15 is 4.39 Å². The smallest absolute Gasteiger partial charge is 0.264 e. The third-order valence-corrected chi connectivity index (χ3v) is 9.35. The number of halogens is 1. The predicted octanol–water partition coefficient (Wildman–Crippen LogP) is 6.66. The molecule has 0 radical (unpaired) electrons. The van der Waals surface area contributed by atoms with Gasteiger partial charge in [0.2, 0.25) is 0 Å². The van der Waals surface area contributed by atoms with Gasteiger partial charge in [-0.25, -0.2) is 4.39 Å². The fourth-order valence-electron chi connectivity index (χ4n) is 7.70. The van der Waals surface area contributed by atoms with Gasteiger partial charge in [-0.1, -0.05) is 61.5 Å². The van der Waals surface area contributed by atoms with Crippen LogP contribution in [0.25, 0.3) is 10.8 Å². The first-order chi connectivity index (χ1) is 20.2. The van der Waals surface area contributed by atoms with Gasteiger partial charge >= 0.3 is 0 Å². The minimum atomic E-state index is -1.61. The SMILES string of the molecule is C[C@@H]1[C@@H](C(C)(C)F)[C@H](CCO)O[C@@]12C(=O)N(Cc1cccc(N3C(=O)c4cccc5cccc3c45)c1)c1ccccc12. The van der Waals surface area contributed by atoms with E-state index in [1.807, 2.05) is 91.9 Å². The highest BCUT2D eigenvalue weighted by atomic mass is 19.1. The number of fused-ring (bicyclic) bond motifs is 2. The monoisotopic (exact) mass is 564 g/mol. The van der Waals surface area contributed by atoms with Gasteiger partial charge in [0.15, 0.2) is 5.60 Å². The maximum Gasteiger partial charge on any atom is 0.264 e. The Morgan fingerprint density at radius 2 is 1.67 bits per heavy atom. The summed E-state index contributed by atoms with van der Waals surface area (Å²) < 4.78 is 22.1. The average molecular weight is 565 g/mol. The van der Waals surface area contributed by atoms with Crippen molar-refractivity contribution in [3.05, 3.63) is 102 Å². The number of nitrogens with zero attached hydrogens (tertiary/aromatic N) is 2. The topological polar surface area (TPSA) is 70.1 Å². The molecule has 1 spiro atoms. The van der Waals surface area contributed by atoms with Gasteiger partial charge < -0.3 is 14.7 Å². The van der Waals surface area contributed by atoms with Crippen LogP contribution in [0.5, 0.6) is 0 Å². The molecule has 42 heavy (non-hydrogen) atoms. The number of benzene rings is 4. The third kappa shape index (κ3) is 3.69.